The Morgan fingerprint density at radius 2 is 1.90 bits per heavy atom. The number of hydrogen-bond acceptors (Lipinski definition) is 3. The highest BCUT2D eigenvalue weighted by Gasteiger charge is 2.14. The van der Waals surface area contributed by atoms with Gasteiger partial charge in [0.05, 0.1) is 6.54 Å². The molecule has 1 aromatic carbocycles. The van der Waals surface area contributed by atoms with Crippen molar-refractivity contribution in [1.29, 1.82) is 0 Å². The summed E-state index contributed by atoms with van der Waals surface area (Å²) in [5.74, 6) is -0.301. The van der Waals surface area contributed by atoms with E-state index in [2.05, 4.69) is 16.7 Å². The molecule has 0 saturated heterocycles. The van der Waals surface area contributed by atoms with Gasteiger partial charge in [-0.25, -0.2) is 4.79 Å². The number of carbonyl (C=O) groups is 2. The van der Waals surface area contributed by atoms with Crippen LogP contribution >= 0.6 is 0 Å². The van der Waals surface area contributed by atoms with Crippen molar-refractivity contribution in [2.45, 2.75) is 34.1 Å². The molecule has 5 nitrogen and oxygen atoms in total. The van der Waals surface area contributed by atoms with Gasteiger partial charge in [0.25, 0.3) is 0 Å². The number of anilines is 1. The summed E-state index contributed by atoms with van der Waals surface area (Å²) >= 11 is 0. The van der Waals surface area contributed by atoms with Crippen molar-refractivity contribution >= 4 is 17.6 Å². The average molecular weight is 291 g/mol. The van der Waals surface area contributed by atoms with Crippen LogP contribution in [0.15, 0.2) is 18.2 Å². The molecular weight excluding hydrogens is 266 g/mol. The Kier molecular flexibility index (Phi) is 6.72. The number of nitrogens with zero attached hydrogens (tertiary/aromatic N) is 1. The van der Waals surface area contributed by atoms with E-state index >= 15 is 0 Å². The van der Waals surface area contributed by atoms with E-state index < -0.39 is 6.03 Å². The summed E-state index contributed by atoms with van der Waals surface area (Å²) in [6.07, 6.45) is 0.839. The van der Waals surface area contributed by atoms with E-state index in [-0.39, 0.29) is 12.5 Å². The minimum atomic E-state index is -0.432. The number of aryl methyl sites for hydroxylation is 2. The normalized spacial score (nSPS) is 10.1. The lowest BCUT2D eigenvalue weighted by Gasteiger charge is -2.24. The Balaban J connectivity index is 2.65. The molecule has 21 heavy (non-hydrogen) atoms. The van der Waals surface area contributed by atoms with Gasteiger partial charge in [-0.1, -0.05) is 24.6 Å². The molecule has 0 saturated carbocycles. The molecule has 0 unspecified atom stereocenters. The summed E-state index contributed by atoms with van der Waals surface area (Å²) in [6, 6.07) is 5.69. The summed E-state index contributed by atoms with van der Waals surface area (Å²) in [5.41, 5.74) is 3.34. The number of urea groups is 1. The van der Waals surface area contributed by atoms with E-state index in [4.69, 9.17) is 0 Å². The minimum Gasteiger partial charge on any atom is -0.362 e. The van der Waals surface area contributed by atoms with Crippen LogP contribution in [-0.4, -0.2) is 31.6 Å². The monoisotopic (exact) mass is 291 g/mol. The third-order valence-electron chi connectivity index (χ3n) is 3.20. The molecule has 0 aliphatic heterocycles. The van der Waals surface area contributed by atoms with Gasteiger partial charge in [0, 0.05) is 18.8 Å². The topological polar surface area (TPSA) is 61.4 Å². The minimum absolute atomic E-state index is 0.167. The Morgan fingerprint density at radius 1 is 1.19 bits per heavy atom. The SMILES string of the molecule is CCCNC(=O)NC(=O)CN(CC)c1ccc(C)cc1C. The van der Waals surface area contributed by atoms with Crippen molar-refractivity contribution in [3.8, 4) is 0 Å². The van der Waals surface area contributed by atoms with E-state index in [1.54, 1.807) is 0 Å². The van der Waals surface area contributed by atoms with Crippen molar-refractivity contribution in [2.75, 3.05) is 24.5 Å². The maximum absolute atomic E-state index is 11.9. The van der Waals surface area contributed by atoms with Crippen molar-refractivity contribution < 1.29 is 9.59 Å². The number of likely N-dealkylation sites (N-methyl/N-ethyl adjacent to an activating group) is 1. The van der Waals surface area contributed by atoms with Crippen LogP contribution in [0, 0.1) is 13.8 Å². The molecule has 0 aliphatic carbocycles. The molecule has 1 rings (SSSR count). The van der Waals surface area contributed by atoms with Crippen LogP contribution in [0.3, 0.4) is 0 Å². The molecule has 0 bridgehead atoms. The van der Waals surface area contributed by atoms with Crippen molar-refractivity contribution in [2.24, 2.45) is 0 Å². The van der Waals surface area contributed by atoms with E-state index in [1.165, 1.54) is 5.56 Å². The van der Waals surface area contributed by atoms with E-state index in [0.29, 0.717) is 13.1 Å². The molecule has 116 valence electrons. The first-order valence-electron chi connectivity index (χ1n) is 7.37. The fourth-order valence-corrected chi connectivity index (χ4v) is 2.15. The first-order valence-corrected chi connectivity index (χ1v) is 7.37. The van der Waals surface area contributed by atoms with Crippen molar-refractivity contribution in [1.82, 2.24) is 10.6 Å². The molecule has 0 radical (unpaired) electrons. The first-order chi connectivity index (χ1) is 9.97. The molecule has 0 heterocycles. The van der Waals surface area contributed by atoms with Crippen LogP contribution in [0.1, 0.15) is 31.4 Å². The van der Waals surface area contributed by atoms with Gasteiger partial charge in [-0.3, -0.25) is 10.1 Å². The predicted molar refractivity (Wildman–Crippen MR) is 85.6 cm³/mol. The molecule has 0 atom stereocenters. The van der Waals surface area contributed by atoms with Crippen LogP contribution in [0.5, 0.6) is 0 Å². The molecule has 2 N–H and O–H groups in total. The third kappa shape index (κ3) is 5.45. The second-order valence-corrected chi connectivity index (χ2v) is 5.11. The molecule has 5 heteroatoms. The number of carbonyl (C=O) groups excluding carboxylic acids is 2. The second-order valence-electron chi connectivity index (χ2n) is 5.11. The van der Waals surface area contributed by atoms with Gasteiger partial charge in [-0.2, -0.15) is 0 Å². The number of hydrogen-bond donors (Lipinski definition) is 2. The van der Waals surface area contributed by atoms with Gasteiger partial charge < -0.3 is 10.2 Å². The fourth-order valence-electron chi connectivity index (χ4n) is 2.15. The maximum Gasteiger partial charge on any atom is 0.321 e. The van der Waals surface area contributed by atoms with Gasteiger partial charge >= 0.3 is 6.03 Å². The van der Waals surface area contributed by atoms with Crippen LogP contribution in [-0.2, 0) is 4.79 Å². The van der Waals surface area contributed by atoms with Crippen molar-refractivity contribution in [3.05, 3.63) is 29.3 Å². The van der Waals surface area contributed by atoms with Gasteiger partial charge in [0.2, 0.25) is 5.91 Å². The van der Waals surface area contributed by atoms with Gasteiger partial charge in [0.1, 0.15) is 0 Å². The zero-order valence-electron chi connectivity index (χ0n) is 13.3. The highest BCUT2D eigenvalue weighted by molar-refractivity contribution is 5.96. The Hall–Kier alpha value is -2.04. The smallest absolute Gasteiger partial charge is 0.321 e. The molecule has 0 spiro atoms. The predicted octanol–water partition coefficient (Wildman–Crippen LogP) is 2.37. The van der Waals surface area contributed by atoms with Gasteiger partial charge in [-0.05, 0) is 38.8 Å². The van der Waals surface area contributed by atoms with Crippen LogP contribution in [0.25, 0.3) is 0 Å². The standard InChI is InChI=1S/C16H25N3O2/c1-5-9-17-16(21)18-15(20)11-19(6-2)14-8-7-12(3)10-13(14)4/h7-8,10H,5-6,9,11H2,1-4H3,(H2,17,18,20,21). The average Bonchev–Trinajstić information content (AvgIpc) is 2.43. The zero-order chi connectivity index (χ0) is 15.8. The molecule has 1 aromatic rings. The van der Waals surface area contributed by atoms with E-state index in [9.17, 15) is 9.59 Å². The largest absolute Gasteiger partial charge is 0.362 e. The second kappa shape index (κ2) is 8.29. The molecule has 0 aliphatic rings. The van der Waals surface area contributed by atoms with Crippen molar-refractivity contribution in [3.63, 3.8) is 0 Å². The maximum atomic E-state index is 11.9. The Labute approximate surface area is 126 Å². The number of imide groups is 1. The van der Waals surface area contributed by atoms with E-state index in [1.807, 2.05) is 44.7 Å². The fraction of sp³-hybridized carbons (Fsp3) is 0.500. The molecule has 0 fully saturated rings. The quantitative estimate of drug-likeness (QED) is 0.846. The lowest BCUT2D eigenvalue weighted by molar-refractivity contribution is -0.118. The lowest BCUT2D eigenvalue weighted by Crippen LogP contribution is -2.44. The van der Waals surface area contributed by atoms with Gasteiger partial charge in [0.15, 0.2) is 0 Å². The molecular formula is C16H25N3O2. The van der Waals surface area contributed by atoms with Crippen LogP contribution in [0.4, 0.5) is 10.5 Å². The number of rotatable bonds is 6. The highest BCUT2D eigenvalue weighted by atomic mass is 16.2. The Bertz CT molecular complexity index is 500. The van der Waals surface area contributed by atoms with Gasteiger partial charge in [-0.15, -0.1) is 0 Å². The lowest BCUT2D eigenvalue weighted by atomic mass is 10.1. The van der Waals surface area contributed by atoms with E-state index in [0.717, 1.165) is 17.7 Å². The Morgan fingerprint density at radius 3 is 2.48 bits per heavy atom. The number of amides is 3. The highest BCUT2D eigenvalue weighted by Crippen LogP contribution is 2.20. The number of benzene rings is 1. The summed E-state index contributed by atoms with van der Waals surface area (Å²) in [4.78, 5) is 25.3. The first kappa shape index (κ1) is 17.0. The van der Waals surface area contributed by atoms with Crippen LogP contribution in [0.2, 0.25) is 0 Å². The third-order valence-corrected chi connectivity index (χ3v) is 3.20. The summed E-state index contributed by atoms with van der Waals surface area (Å²) in [6.45, 7) is 9.45. The van der Waals surface area contributed by atoms with Crippen LogP contribution < -0.4 is 15.5 Å². The summed E-state index contributed by atoms with van der Waals surface area (Å²) in [7, 11) is 0. The number of nitrogens with one attached hydrogen (secondary N) is 2. The molecule has 3 amide bonds. The zero-order valence-corrected chi connectivity index (χ0v) is 13.3. The molecule has 0 aromatic heterocycles. The summed E-state index contributed by atoms with van der Waals surface area (Å²) in [5, 5.41) is 4.97. The summed E-state index contributed by atoms with van der Waals surface area (Å²) < 4.78 is 0.